The van der Waals surface area contributed by atoms with Gasteiger partial charge in [0.2, 0.25) is 5.91 Å². The van der Waals surface area contributed by atoms with Crippen LogP contribution in [0.2, 0.25) is 0 Å². The summed E-state index contributed by atoms with van der Waals surface area (Å²) >= 11 is 0. The molecule has 1 aliphatic rings. The maximum Gasteiger partial charge on any atom is 0.220 e. The molecule has 0 aliphatic heterocycles. The average molecular weight is 293 g/mol. The van der Waals surface area contributed by atoms with Crippen LogP contribution in [0.4, 0.5) is 0 Å². The minimum atomic E-state index is 0. The van der Waals surface area contributed by atoms with Gasteiger partial charge in [-0.15, -0.1) is 12.4 Å². The van der Waals surface area contributed by atoms with Gasteiger partial charge in [0, 0.05) is 13.0 Å². The number of carbonyl (C=O) groups is 1. The van der Waals surface area contributed by atoms with Gasteiger partial charge < -0.3 is 15.4 Å². The Kier molecular flexibility index (Phi) is 12.5. The number of hydrogen-bond donors (Lipinski definition) is 2. The van der Waals surface area contributed by atoms with Crippen molar-refractivity contribution in [2.24, 2.45) is 0 Å². The lowest BCUT2D eigenvalue weighted by Crippen LogP contribution is -2.29. The van der Waals surface area contributed by atoms with Crippen LogP contribution < -0.4 is 10.6 Å². The van der Waals surface area contributed by atoms with Crippen LogP contribution in [0.3, 0.4) is 0 Å². The number of amides is 1. The van der Waals surface area contributed by atoms with Crippen LogP contribution in [0, 0.1) is 0 Å². The van der Waals surface area contributed by atoms with E-state index in [0.29, 0.717) is 25.7 Å². The summed E-state index contributed by atoms with van der Waals surface area (Å²) in [4.78, 5) is 11.4. The lowest BCUT2D eigenvalue weighted by atomic mass is 10.1. The lowest BCUT2D eigenvalue weighted by molar-refractivity contribution is -0.121. The zero-order chi connectivity index (χ0) is 13.1. The van der Waals surface area contributed by atoms with Crippen LogP contribution in [0.1, 0.15) is 51.4 Å². The van der Waals surface area contributed by atoms with Gasteiger partial charge in [-0.05, 0) is 32.9 Å². The lowest BCUT2D eigenvalue weighted by Gasteiger charge is -2.15. The Morgan fingerprint density at radius 1 is 1.16 bits per heavy atom. The van der Waals surface area contributed by atoms with Gasteiger partial charge in [0.15, 0.2) is 0 Å². The van der Waals surface area contributed by atoms with Crippen molar-refractivity contribution in [2.45, 2.75) is 57.5 Å². The Morgan fingerprint density at radius 2 is 1.84 bits per heavy atom. The third-order valence-electron chi connectivity index (χ3n) is 3.41. The molecule has 1 aliphatic carbocycles. The minimum Gasteiger partial charge on any atom is -0.376 e. The fourth-order valence-corrected chi connectivity index (χ4v) is 2.34. The van der Waals surface area contributed by atoms with E-state index in [-0.39, 0.29) is 18.3 Å². The monoisotopic (exact) mass is 292 g/mol. The topological polar surface area (TPSA) is 50.4 Å². The molecule has 1 amide bonds. The molecule has 4 nitrogen and oxygen atoms in total. The van der Waals surface area contributed by atoms with Gasteiger partial charge in [0.1, 0.15) is 0 Å². The van der Waals surface area contributed by atoms with Crippen molar-refractivity contribution >= 4 is 18.3 Å². The Bertz CT molecular complexity index is 219. The number of halogens is 1. The summed E-state index contributed by atoms with van der Waals surface area (Å²) in [7, 11) is 1.90. The molecule has 0 atom stereocenters. The molecule has 1 saturated carbocycles. The van der Waals surface area contributed by atoms with Gasteiger partial charge >= 0.3 is 0 Å². The molecule has 0 aromatic heterocycles. The summed E-state index contributed by atoms with van der Waals surface area (Å²) in [5.74, 6) is 0.134. The van der Waals surface area contributed by atoms with E-state index < -0.39 is 0 Å². The van der Waals surface area contributed by atoms with Crippen molar-refractivity contribution in [3.8, 4) is 0 Å². The van der Waals surface area contributed by atoms with Gasteiger partial charge in [-0.25, -0.2) is 0 Å². The van der Waals surface area contributed by atoms with Gasteiger partial charge in [0.25, 0.3) is 0 Å². The number of rotatable bonds is 8. The van der Waals surface area contributed by atoms with Crippen molar-refractivity contribution in [3.63, 3.8) is 0 Å². The van der Waals surface area contributed by atoms with Crippen LogP contribution in [0.15, 0.2) is 0 Å². The highest BCUT2D eigenvalue weighted by Gasteiger charge is 2.12. The Hall–Kier alpha value is -0.320. The van der Waals surface area contributed by atoms with Crippen LogP contribution in [0.5, 0.6) is 0 Å². The molecule has 0 radical (unpaired) electrons. The van der Waals surface area contributed by atoms with Gasteiger partial charge in [0.05, 0.1) is 12.7 Å². The Balaban J connectivity index is 0.00000324. The molecule has 114 valence electrons. The summed E-state index contributed by atoms with van der Waals surface area (Å²) < 4.78 is 5.81. The molecular formula is C14H29ClN2O2. The van der Waals surface area contributed by atoms with Crippen molar-refractivity contribution in [1.82, 2.24) is 10.6 Å². The van der Waals surface area contributed by atoms with E-state index in [9.17, 15) is 4.79 Å². The fourth-order valence-electron chi connectivity index (χ4n) is 2.34. The van der Waals surface area contributed by atoms with E-state index in [0.717, 1.165) is 13.0 Å². The van der Waals surface area contributed by atoms with Crippen molar-refractivity contribution in [1.29, 1.82) is 0 Å². The predicted octanol–water partition coefficient (Wildman–Crippen LogP) is 2.26. The Labute approximate surface area is 123 Å². The second-order valence-corrected chi connectivity index (χ2v) is 5.04. The average Bonchev–Trinajstić information content (AvgIpc) is 2.63. The molecule has 0 heterocycles. The summed E-state index contributed by atoms with van der Waals surface area (Å²) in [5, 5.41) is 5.94. The maximum absolute atomic E-state index is 11.4. The molecule has 0 aromatic rings. The number of carbonyl (C=O) groups excluding carboxylic acids is 1. The van der Waals surface area contributed by atoms with E-state index in [1.165, 1.54) is 38.5 Å². The summed E-state index contributed by atoms with van der Waals surface area (Å²) in [6.07, 6.45) is 9.59. The first-order valence-electron chi connectivity index (χ1n) is 7.36. The molecule has 0 aromatic carbocycles. The second-order valence-electron chi connectivity index (χ2n) is 5.04. The smallest absolute Gasteiger partial charge is 0.220 e. The van der Waals surface area contributed by atoms with E-state index in [4.69, 9.17) is 4.74 Å². The van der Waals surface area contributed by atoms with E-state index >= 15 is 0 Å². The summed E-state index contributed by atoms with van der Waals surface area (Å²) in [6, 6.07) is 0. The molecular weight excluding hydrogens is 264 g/mol. The summed E-state index contributed by atoms with van der Waals surface area (Å²) in [6.45, 7) is 2.20. The van der Waals surface area contributed by atoms with Crippen LogP contribution in [0.25, 0.3) is 0 Å². The van der Waals surface area contributed by atoms with Crippen LogP contribution >= 0.6 is 12.4 Å². The fraction of sp³-hybridized carbons (Fsp3) is 0.929. The molecule has 0 saturated heterocycles. The minimum absolute atomic E-state index is 0. The van der Waals surface area contributed by atoms with Crippen LogP contribution in [-0.4, -0.2) is 38.8 Å². The quantitative estimate of drug-likeness (QED) is 0.533. The molecule has 1 fully saturated rings. The van der Waals surface area contributed by atoms with Gasteiger partial charge in [-0.3, -0.25) is 4.79 Å². The standard InChI is InChI=1S/C14H28N2O2.ClH/c1-15-10-6-9-14(17)16-11-12-18-13-7-4-2-3-5-8-13;/h13,15H,2-12H2,1H3,(H,16,17);1H. The number of hydrogen-bond acceptors (Lipinski definition) is 3. The molecule has 5 heteroatoms. The van der Waals surface area contributed by atoms with Crippen molar-refractivity contribution in [2.75, 3.05) is 26.7 Å². The number of ether oxygens (including phenoxy) is 1. The van der Waals surface area contributed by atoms with Crippen molar-refractivity contribution < 1.29 is 9.53 Å². The molecule has 0 bridgehead atoms. The maximum atomic E-state index is 11.4. The second kappa shape index (κ2) is 12.7. The van der Waals surface area contributed by atoms with E-state index in [1.54, 1.807) is 0 Å². The Morgan fingerprint density at radius 3 is 2.47 bits per heavy atom. The van der Waals surface area contributed by atoms with Gasteiger partial charge in [-0.2, -0.15) is 0 Å². The predicted molar refractivity (Wildman–Crippen MR) is 80.9 cm³/mol. The largest absolute Gasteiger partial charge is 0.376 e. The van der Waals surface area contributed by atoms with Crippen molar-refractivity contribution in [3.05, 3.63) is 0 Å². The highest BCUT2D eigenvalue weighted by Crippen LogP contribution is 2.19. The third-order valence-corrected chi connectivity index (χ3v) is 3.41. The zero-order valence-electron chi connectivity index (χ0n) is 12.1. The highest BCUT2D eigenvalue weighted by atomic mass is 35.5. The molecule has 0 unspecified atom stereocenters. The van der Waals surface area contributed by atoms with E-state index in [2.05, 4.69) is 10.6 Å². The summed E-state index contributed by atoms with van der Waals surface area (Å²) in [5.41, 5.74) is 0. The third kappa shape index (κ3) is 10.2. The first-order valence-corrected chi connectivity index (χ1v) is 7.36. The molecule has 19 heavy (non-hydrogen) atoms. The van der Waals surface area contributed by atoms with Gasteiger partial charge in [-0.1, -0.05) is 25.7 Å². The molecule has 2 N–H and O–H groups in total. The zero-order valence-corrected chi connectivity index (χ0v) is 12.9. The van der Waals surface area contributed by atoms with Crippen LogP contribution in [-0.2, 0) is 9.53 Å². The highest BCUT2D eigenvalue weighted by molar-refractivity contribution is 5.85. The first kappa shape index (κ1) is 18.7. The molecule has 1 rings (SSSR count). The SMILES string of the molecule is CNCCCC(=O)NCCOC1CCCCCC1.Cl. The first-order chi connectivity index (χ1) is 8.83. The number of nitrogens with one attached hydrogen (secondary N) is 2. The van der Waals surface area contributed by atoms with E-state index in [1.807, 2.05) is 7.05 Å². The molecule has 0 spiro atoms. The normalized spacial score (nSPS) is 16.5.